The molecule has 0 unspecified atom stereocenters. The van der Waals surface area contributed by atoms with Gasteiger partial charge in [-0.3, -0.25) is 24.9 Å². The zero-order valence-electron chi connectivity index (χ0n) is 71.8. The van der Waals surface area contributed by atoms with E-state index in [2.05, 4.69) is 186 Å². The summed E-state index contributed by atoms with van der Waals surface area (Å²) in [4.78, 5) is 80.5. The SMILES string of the molecule is CC1(C)CCN2CCC(C)(C)c3c2c1cc1cc(-c2nc4ccccc4s2)c(=O)oc31.[C-]#[N+]c1nc2c(nc1C#N)c1nc(C#N)c(C#N)nc1c1nc([N+]#[C-])c([N+]#[C-])nc21.[Li+].[O-]c1cccc2ccc[nH+]c12.c1ccc(-c2ccnc3c2ccc2c(-c4ccccc4)ccnc23)cc1.c1cnc2c([O][Al]([O]c3cccc4cccnc34)[O]c3cccc4cccnc34)cccc2c1. The molecule has 0 atom stereocenters. The van der Waals surface area contributed by atoms with Gasteiger partial charge in [-0.25, -0.2) is 29.7 Å². The number of rotatable bonds is 9. The number of H-pyrrole nitrogens is 1. The molecule has 26 nitrogen and oxygen atoms in total. The maximum atomic E-state index is 13.2. The molecule has 0 saturated heterocycles. The zero-order valence-corrected chi connectivity index (χ0v) is 73.8. The Morgan fingerprint density at radius 2 is 0.895 bits per heavy atom. The summed E-state index contributed by atoms with van der Waals surface area (Å²) in [6.07, 6.45) is 12.9. The molecule has 29 heteroatoms. The van der Waals surface area contributed by atoms with E-state index in [4.69, 9.17) is 40.5 Å². The van der Waals surface area contributed by atoms with Gasteiger partial charge in [0.2, 0.25) is 16.6 Å². The first-order valence-corrected chi connectivity index (χ1v) is 43.9. The van der Waals surface area contributed by atoms with Crippen molar-refractivity contribution in [2.45, 2.75) is 51.4 Å². The van der Waals surface area contributed by atoms with Gasteiger partial charge < -0.3 is 40.3 Å². The minimum atomic E-state index is -2.86. The first-order valence-electron chi connectivity index (χ1n) is 41.7. The van der Waals surface area contributed by atoms with E-state index in [9.17, 15) is 25.7 Å². The van der Waals surface area contributed by atoms with Crippen LogP contribution in [-0.2, 0) is 10.8 Å². The third-order valence-corrected chi connectivity index (χ3v) is 25.5. The predicted octanol–water partition coefficient (Wildman–Crippen LogP) is 18.7. The van der Waals surface area contributed by atoms with Crippen LogP contribution < -0.4 is 50.8 Å². The topological polar surface area (TPSA) is 337 Å². The second-order valence-corrected chi connectivity index (χ2v) is 34.4. The van der Waals surface area contributed by atoms with E-state index in [0.29, 0.717) is 28.3 Å². The molecule has 1 N–H and O–H groups in total. The molecule has 13 heterocycles. The summed E-state index contributed by atoms with van der Waals surface area (Å²) in [6.45, 7) is 33.1. The van der Waals surface area contributed by atoms with Crippen LogP contribution in [-0.4, -0.2) is 88.0 Å². The van der Waals surface area contributed by atoms with Gasteiger partial charge in [-0.2, -0.15) is 15.8 Å². The molecule has 10 aromatic carbocycles. The Labute approximate surface area is 780 Å². The van der Waals surface area contributed by atoms with E-state index in [0.717, 1.165) is 112 Å². The summed E-state index contributed by atoms with van der Waals surface area (Å²) in [5.74, 6) is 0.977. The number of aromatic nitrogens is 13. The molecule has 628 valence electrons. The van der Waals surface area contributed by atoms with Crippen LogP contribution in [0, 0.1) is 53.7 Å². The number of hydrogen-bond donors (Lipinski definition) is 0. The van der Waals surface area contributed by atoms with Gasteiger partial charge in [0, 0.05) is 99.1 Å². The number of benzene rings is 10. The second-order valence-electron chi connectivity index (χ2n) is 32.0. The molecule has 23 rings (SSSR count). The summed E-state index contributed by atoms with van der Waals surface area (Å²) in [5.41, 5.74) is 14.6. The largest absolute Gasteiger partial charge is 1.20 e. The molecule has 21 aromatic rings. The molecular weight excluding hydrogens is 1690 g/mol. The number of nitrogens with zero attached hydrogens (tertiary/aromatic N) is 19. The number of thiazole rings is 1. The Morgan fingerprint density at radius 3 is 1.39 bits per heavy atom. The van der Waals surface area contributed by atoms with Crippen molar-refractivity contribution in [3.63, 3.8) is 0 Å². The van der Waals surface area contributed by atoms with Crippen molar-refractivity contribution in [1.29, 1.82) is 15.8 Å². The number of para-hydroxylation sites is 5. The van der Waals surface area contributed by atoms with E-state index in [1.807, 2.05) is 164 Å². The summed E-state index contributed by atoms with van der Waals surface area (Å²) >= 11 is -1.31. The molecule has 0 amide bonds. The fourth-order valence-electron chi connectivity index (χ4n) is 16.6. The number of fused-ring (bicyclic) bond motifs is 16. The first kappa shape index (κ1) is 86.6. The van der Waals surface area contributed by atoms with Crippen LogP contribution in [0.5, 0.6) is 23.0 Å². The van der Waals surface area contributed by atoms with Crippen molar-refractivity contribution >= 4 is 169 Å². The van der Waals surface area contributed by atoms with Gasteiger partial charge in [-0.15, -0.1) is 26.3 Å². The molecule has 0 spiro atoms. The number of pyridine rings is 6. The monoisotopic (exact) mass is 1760 g/mol. The van der Waals surface area contributed by atoms with Crippen molar-refractivity contribution in [3.8, 4) is 74.0 Å². The van der Waals surface area contributed by atoms with Crippen molar-refractivity contribution in [3.05, 3.63) is 353 Å². The summed E-state index contributed by atoms with van der Waals surface area (Å²) in [5, 5.41) is 46.9. The Hall–Kier alpha value is -17.2. The number of anilines is 1. The fraction of sp³-hybridized carbons (Fsp3) is 0.0962. The van der Waals surface area contributed by atoms with Crippen LogP contribution >= 0.6 is 11.3 Å². The molecule has 2 aliphatic rings. The van der Waals surface area contributed by atoms with Crippen LogP contribution in [0.1, 0.15) is 68.7 Å². The maximum Gasteiger partial charge on any atom is 1.20 e. The molecule has 0 radical (unpaired) electrons. The van der Waals surface area contributed by atoms with E-state index in [1.165, 1.54) is 39.1 Å². The summed E-state index contributed by atoms with van der Waals surface area (Å²) in [7, 11) is 0. The minimum Gasteiger partial charge on any atom is -0.868 e. The van der Waals surface area contributed by atoms with Gasteiger partial charge in [0.1, 0.15) is 79.1 Å². The Kier molecular flexibility index (Phi) is 24.0. The molecule has 2 aliphatic heterocycles. The van der Waals surface area contributed by atoms with Crippen LogP contribution in [0.15, 0.2) is 289 Å². The van der Waals surface area contributed by atoms with E-state index in [1.54, 1.807) is 66.5 Å². The zero-order chi connectivity index (χ0) is 90.7. The minimum absolute atomic E-state index is 0. The van der Waals surface area contributed by atoms with Gasteiger partial charge in [0.05, 0.1) is 26.8 Å². The molecule has 133 heavy (non-hydrogen) atoms. The molecule has 11 aromatic heterocycles. The second kappa shape index (κ2) is 36.9. The summed E-state index contributed by atoms with van der Waals surface area (Å²) < 4.78 is 26.4. The van der Waals surface area contributed by atoms with E-state index in [-0.39, 0.29) is 109 Å². The van der Waals surface area contributed by atoms with Gasteiger partial charge in [-0.05, 0) is 142 Å². The third-order valence-electron chi connectivity index (χ3n) is 23.1. The molecular formula is C104H67AlLiN20O6S+. The smallest absolute Gasteiger partial charge is 0.868 e. The van der Waals surface area contributed by atoms with Crippen LogP contribution in [0.4, 0.5) is 23.1 Å². The number of aromatic amines is 1. The first-order chi connectivity index (χ1) is 64.5. The van der Waals surface area contributed by atoms with Gasteiger partial charge >= 0.3 is 45.5 Å². The van der Waals surface area contributed by atoms with Gasteiger partial charge in [0.15, 0.2) is 23.3 Å². The maximum absolute atomic E-state index is 13.2. The Morgan fingerprint density at radius 1 is 0.451 bits per heavy atom. The average Bonchev–Trinajstić information content (AvgIpc) is 1.15. The van der Waals surface area contributed by atoms with Crippen LogP contribution in [0.25, 0.3) is 167 Å². The molecule has 0 fully saturated rings. The number of hydrogen-bond acceptors (Lipinski definition) is 23. The van der Waals surface area contributed by atoms with E-state index >= 15 is 0 Å². The number of nitrogens with one attached hydrogen (secondary N) is 1. The standard InChI is InChI=1S/C26H26N2O2S.C24H16N2.C18N12.4C9H7NO.Al.Li/c1-25(2)9-11-28-12-10-26(3,4)20-21(28)17(25)14-15-13-16(24(29)30-22(15)20)23-27-18-7-5-6-8-19(18)31-23;1-3-7-17(8-4-1)19-13-15-25-23-21(19)11-12-22-20(14-16-26-24(22)23)18-9-5-2-6-10-18;1-22-16-9(6-21)27-12-10-11(26-8(5-20)7(4-19)25-10)14-15(13(12)28-16)30-18(24-3)17(23-2)29-14;4*11-8-5-1-3-7-4-2-6-10-9(7)8;;/h5-8,13-14H,9-12H2,1-4H3;1-16H;;4*1-6,11H;;/q;;;;;;;+3;+1/p-3. The Balaban J connectivity index is 0.000000114. The fourth-order valence-corrected chi connectivity index (χ4v) is 18.9. The Bertz CT molecular complexity index is 7900. The van der Waals surface area contributed by atoms with E-state index < -0.39 is 15.1 Å². The van der Waals surface area contributed by atoms with Crippen molar-refractivity contribution < 1.29 is 44.7 Å². The van der Waals surface area contributed by atoms with Crippen molar-refractivity contribution in [1.82, 2.24) is 59.8 Å². The number of nitriles is 3. The van der Waals surface area contributed by atoms with Gasteiger partial charge in [0.25, 0.3) is 17.2 Å². The predicted molar refractivity (Wildman–Crippen MR) is 508 cm³/mol. The van der Waals surface area contributed by atoms with Gasteiger partial charge in [-0.1, -0.05) is 199 Å². The normalized spacial score (nSPS) is 12.5. The molecule has 0 saturated carbocycles. The third kappa shape index (κ3) is 16.8. The average molecular weight is 1760 g/mol. The van der Waals surface area contributed by atoms with Crippen LogP contribution in [0.2, 0.25) is 0 Å². The molecule has 0 bridgehead atoms. The van der Waals surface area contributed by atoms with Crippen molar-refractivity contribution in [2.75, 3.05) is 18.0 Å². The quantitative estimate of drug-likeness (QED) is 0.0560. The summed E-state index contributed by atoms with van der Waals surface area (Å²) in [6, 6.07) is 85.0. The van der Waals surface area contributed by atoms with Crippen LogP contribution in [0.3, 0.4) is 0 Å². The van der Waals surface area contributed by atoms with Crippen molar-refractivity contribution in [2.24, 2.45) is 0 Å². The molecule has 0 aliphatic carbocycles.